The van der Waals surface area contributed by atoms with Crippen LogP contribution in [0.1, 0.15) is 0 Å². The van der Waals surface area contributed by atoms with Gasteiger partial charge in [-0.25, -0.2) is 0 Å². The van der Waals surface area contributed by atoms with Gasteiger partial charge in [0.25, 0.3) is 0 Å². The molecular weight excluding hydrogens is 255 g/mol. The molecule has 0 fully saturated rings. The minimum absolute atomic E-state index is 2.68. The fourth-order valence-corrected chi connectivity index (χ4v) is 0.978. The van der Waals surface area contributed by atoms with Gasteiger partial charge in [0.05, 0.1) is 0 Å². The van der Waals surface area contributed by atoms with Crippen LogP contribution in [0, 0.1) is 0 Å². The summed E-state index contributed by atoms with van der Waals surface area (Å²) in [6, 6.07) is 0. The number of rotatable bonds is 2. The van der Waals surface area contributed by atoms with E-state index in [9.17, 15) is 16.8 Å². The molecule has 0 aliphatic rings. The van der Waals surface area contributed by atoms with Crippen LogP contribution in [0.4, 0.5) is 0 Å². The third kappa shape index (κ3) is 33.7. The fourth-order valence-electron chi connectivity index (χ4n) is 0.109. The van der Waals surface area contributed by atoms with Gasteiger partial charge in [0, 0.05) is 4.57 Å². The van der Waals surface area contributed by atoms with Gasteiger partial charge in [0.1, 0.15) is 0 Å². The van der Waals surface area contributed by atoms with E-state index < -0.39 is 29.1 Å². The molecule has 0 aromatic heterocycles. The maximum absolute atomic E-state index is 9.44. The Balaban J connectivity index is 0. The maximum Gasteiger partial charge on any atom is 0.692 e. The standard InChI is InChI=1S/H2O7S2.HO3P/c1-8(2,3)7-9(4,5)6;1-4(2)3/h(H,1,2,3)(H,4,5,6);(H-,1,2,3)/p+1. The highest BCUT2D eigenvalue weighted by Crippen LogP contribution is 1.98. The summed E-state index contributed by atoms with van der Waals surface area (Å²) in [7, 11) is -13.1. The zero-order valence-corrected chi connectivity index (χ0v) is 8.03. The van der Waals surface area contributed by atoms with Crippen molar-refractivity contribution >= 4 is 29.1 Å². The molecule has 0 unspecified atom stereocenters. The minimum atomic E-state index is -5.12. The highest BCUT2D eigenvalue weighted by molar-refractivity contribution is 7.94. The van der Waals surface area contributed by atoms with Crippen LogP contribution in [0.2, 0.25) is 0 Å². The topological polar surface area (TPSA) is 176 Å². The lowest BCUT2D eigenvalue weighted by molar-refractivity contribution is 0.344. The summed E-state index contributed by atoms with van der Waals surface area (Å²) in [6.45, 7) is 0. The molecule has 0 atom stereocenters. The Morgan fingerprint density at radius 3 is 1.08 bits per heavy atom. The molecule has 0 saturated carbocycles. The van der Waals surface area contributed by atoms with E-state index in [0.717, 1.165) is 0 Å². The van der Waals surface area contributed by atoms with Gasteiger partial charge < -0.3 is 0 Å². The summed E-state index contributed by atoms with van der Waals surface area (Å²) in [5.41, 5.74) is 0. The Morgan fingerprint density at radius 2 is 1.08 bits per heavy atom. The van der Waals surface area contributed by atoms with Crippen molar-refractivity contribution in [2.45, 2.75) is 0 Å². The Labute approximate surface area is 73.6 Å². The maximum atomic E-state index is 9.44. The Morgan fingerprint density at radius 1 is 0.923 bits per heavy atom. The van der Waals surface area contributed by atoms with Crippen molar-refractivity contribution in [2.24, 2.45) is 0 Å². The molecule has 0 heterocycles. The Kier molecular flexibility index (Phi) is 6.48. The summed E-state index contributed by atoms with van der Waals surface area (Å²) in [4.78, 5) is 14.2. The molecule has 4 N–H and O–H groups in total. The fraction of sp³-hybridized carbons (Fsp3) is 0. The summed E-state index contributed by atoms with van der Waals surface area (Å²) >= 11 is 0. The largest absolute Gasteiger partial charge is 0.692 e. The second-order valence-electron chi connectivity index (χ2n) is 1.18. The first kappa shape index (κ1) is 15.3. The van der Waals surface area contributed by atoms with Crippen LogP contribution in [0.25, 0.3) is 0 Å². The van der Waals surface area contributed by atoms with E-state index in [4.69, 9.17) is 23.5 Å². The molecule has 0 radical (unpaired) electrons. The molecule has 0 aromatic carbocycles. The zero-order chi connectivity index (χ0) is 11.3. The van der Waals surface area contributed by atoms with E-state index >= 15 is 0 Å². The molecule has 10 nitrogen and oxygen atoms in total. The predicted octanol–water partition coefficient (Wildman–Crippen LogP) is -1.76. The normalized spacial score (nSPS) is 11.4. The van der Waals surface area contributed by atoms with Crippen molar-refractivity contribution < 1.29 is 43.9 Å². The quantitative estimate of drug-likeness (QED) is 0.328. The highest BCUT2D eigenvalue weighted by Gasteiger charge is 2.15. The van der Waals surface area contributed by atoms with E-state index in [1.54, 1.807) is 0 Å². The number of hydrogen-bond donors (Lipinski definition) is 4. The summed E-state index contributed by atoms with van der Waals surface area (Å²) in [5.74, 6) is 0. The zero-order valence-electron chi connectivity index (χ0n) is 5.50. The van der Waals surface area contributed by atoms with E-state index in [1.165, 1.54) is 0 Å². The van der Waals surface area contributed by atoms with Crippen LogP contribution in [0.5, 0.6) is 0 Å². The van der Waals surface area contributed by atoms with Crippen molar-refractivity contribution in [3.8, 4) is 0 Å². The van der Waals surface area contributed by atoms with Gasteiger partial charge in [0.15, 0.2) is 0 Å². The van der Waals surface area contributed by atoms with Crippen LogP contribution < -0.4 is 0 Å². The molecule has 80 valence electrons. The minimum Gasteiger partial charge on any atom is -0.263 e. The third-order valence-corrected chi connectivity index (χ3v) is 1.55. The molecule has 0 bridgehead atoms. The van der Waals surface area contributed by atoms with Gasteiger partial charge in [-0.2, -0.15) is 16.8 Å². The molecular formula is H4O10PS2+. The van der Waals surface area contributed by atoms with Crippen molar-refractivity contribution in [3.05, 3.63) is 0 Å². The first-order valence-corrected chi connectivity index (χ1v) is 5.84. The molecule has 0 aliphatic heterocycles. The molecule has 0 saturated heterocycles. The van der Waals surface area contributed by atoms with E-state index in [-0.39, 0.29) is 0 Å². The van der Waals surface area contributed by atoms with Crippen molar-refractivity contribution in [1.82, 2.24) is 0 Å². The van der Waals surface area contributed by atoms with Crippen LogP contribution in [0.3, 0.4) is 0 Å². The average Bonchev–Trinajstić information content (AvgIpc) is 1.47. The smallest absolute Gasteiger partial charge is 0.263 e. The SMILES string of the molecule is O=S(=O)(O)OS(=O)(=O)O.O=[P+](O)O. The molecule has 0 aliphatic carbocycles. The van der Waals surface area contributed by atoms with E-state index in [0.29, 0.717) is 0 Å². The van der Waals surface area contributed by atoms with Crippen LogP contribution in [-0.4, -0.2) is 35.7 Å². The van der Waals surface area contributed by atoms with E-state index in [1.807, 2.05) is 0 Å². The van der Waals surface area contributed by atoms with Gasteiger partial charge in [-0.05, 0) is 0 Å². The molecule has 13 heteroatoms. The lowest BCUT2D eigenvalue weighted by Gasteiger charge is -1.89. The summed E-state index contributed by atoms with van der Waals surface area (Å²) in [6.07, 6.45) is 0. The molecule has 13 heavy (non-hydrogen) atoms. The summed E-state index contributed by atoms with van der Waals surface area (Å²) < 4.78 is 64.3. The average molecular weight is 259 g/mol. The van der Waals surface area contributed by atoms with Gasteiger partial charge in [-0.3, -0.25) is 9.11 Å². The summed E-state index contributed by atoms with van der Waals surface area (Å²) in [5, 5.41) is 0. The molecule has 0 aromatic rings. The lowest BCUT2D eigenvalue weighted by atomic mass is 15.8. The van der Waals surface area contributed by atoms with Crippen molar-refractivity contribution in [2.75, 3.05) is 0 Å². The number of hydrogen-bond acceptors (Lipinski definition) is 6. The lowest BCUT2D eigenvalue weighted by Crippen LogP contribution is -2.10. The Bertz CT molecular complexity index is 308. The van der Waals surface area contributed by atoms with Crippen LogP contribution in [0.15, 0.2) is 0 Å². The second kappa shape index (κ2) is 5.51. The molecule has 0 rings (SSSR count). The van der Waals surface area contributed by atoms with Gasteiger partial charge in [-0.1, -0.05) is 0 Å². The van der Waals surface area contributed by atoms with Gasteiger partial charge in [-0.15, -0.1) is 13.4 Å². The van der Waals surface area contributed by atoms with Crippen LogP contribution in [-0.2, 0) is 29.0 Å². The van der Waals surface area contributed by atoms with Gasteiger partial charge in [0.2, 0.25) is 0 Å². The van der Waals surface area contributed by atoms with Crippen LogP contribution >= 0.6 is 8.25 Å². The third-order valence-electron chi connectivity index (χ3n) is 0.172. The molecule has 0 spiro atoms. The second-order valence-corrected chi connectivity index (χ2v) is 3.94. The first-order chi connectivity index (χ1) is 5.44. The van der Waals surface area contributed by atoms with Crippen molar-refractivity contribution in [1.29, 1.82) is 0 Å². The predicted molar refractivity (Wildman–Crippen MR) is 36.2 cm³/mol. The van der Waals surface area contributed by atoms with Gasteiger partial charge >= 0.3 is 29.1 Å². The first-order valence-electron chi connectivity index (χ1n) is 1.95. The van der Waals surface area contributed by atoms with Crippen molar-refractivity contribution in [3.63, 3.8) is 0 Å². The Hall–Kier alpha value is -0.200. The highest BCUT2D eigenvalue weighted by atomic mass is 32.3. The monoisotopic (exact) mass is 259 g/mol. The van der Waals surface area contributed by atoms with E-state index in [2.05, 4.69) is 3.63 Å². The molecule has 0 amide bonds.